The molecule has 25 heavy (non-hydrogen) atoms. The van der Waals surface area contributed by atoms with Crippen LogP contribution < -0.4 is 10.6 Å². The molecule has 2 aromatic rings. The predicted molar refractivity (Wildman–Crippen MR) is 88.3 cm³/mol. The van der Waals surface area contributed by atoms with E-state index in [1.54, 1.807) is 6.20 Å². The van der Waals surface area contributed by atoms with Crippen LogP contribution in [-0.4, -0.2) is 48.5 Å². The van der Waals surface area contributed by atoms with E-state index in [9.17, 15) is 14.4 Å². The lowest BCUT2D eigenvalue weighted by Crippen LogP contribution is -2.31. The first-order valence-corrected chi connectivity index (χ1v) is 7.75. The van der Waals surface area contributed by atoms with Crippen molar-refractivity contribution >= 4 is 23.5 Å². The molecule has 0 atom stereocenters. The van der Waals surface area contributed by atoms with Crippen molar-refractivity contribution in [2.75, 3.05) is 5.32 Å². The molecule has 0 aromatic carbocycles. The van der Waals surface area contributed by atoms with Gasteiger partial charge in [-0.25, -0.2) is 9.48 Å². The van der Waals surface area contributed by atoms with Crippen LogP contribution in [0.4, 0.5) is 5.69 Å². The van der Waals surface area contributed by atoms with E-state index in [4.69, 9.17) is 5.11 Å². The van der Waals surface area contributed by atoms with Gasteiger partial charge < -0.3 is 15.7 Å². The van der Waals surface area contributed by atoms with E-state index in [0.29, 0.717) is 6.54 Å². The molecule has 3 N–H and O–H groups in total. The molecule has 0 spiro atoms. The Morgan fingerprint density at radius 2 is 2.04 bits per heavy atom. The number of amides is 2. The number of aryl methyl sites for hydroxylation is 1. The number of carbonyl (C=O) groups is 3. The van der Waals surface area contributed by atoms with E-state index in [1.165, 1.54) is 16.9 Å². The molecular weight excluding hydrogens is 328 g/mol. The highest BCUT2D eigenvalue weighted by Crippen LogP contribution is 2.14. The maximum atomic E-state index is 12.2. The highest BCUT2D eigenvalue weighted by Gasteiger charge is 2.20. The maximum absolute atomic E-state index is 12.2. The maximum Gasteiger partial charge on any atom is 0.354 e. The minimum Gasteiger partial charge on any atom is -0.477 e. The van der Waals surface area contributed by atoms with E-state index in [-0.39, 0.29) is 29.7 Å². The molecule has 2 heterocycles. The van der Waals surface area contributed by atoms with Crippen LogP contribution in [0.1, 0.15) is 41.7 Å². The van der Waals surface area contributed by atoms with Crippen LogP contribution in [-0.2, 0) is 17.9 Å². The molecule has 0 saturated heterocycles. The zero-order chi connectivity index (χ0) is 18.6. The summed E-state index contributed by atoms with van der Waals surface area (Å²) in [6, 6.07) is 1.22. The predicted octanol–water partition coefficient (Wildman–Crippen LogP) is 0.575. The van der Waals surface area contributed by atoms with E-state index in [0.717, 1.165) is 4.68 Å². The first-order chi connectivity index (χ1) is 11.8. The van der Waals surface area contributed by atoms with Crippen LogP contribution >= 0.6 is 0 Å². The zero-order valence-corrected chi connectivity index (χ0v) is 14.2. The number of aromatic carboxylic acids is 1. The summed E-state index contributed by atoms with van der Waals surface area (Å²) in [5, 5.41) is 22.3. The lowest BCUT2D eigenvalue weighted by Gasteiger charge is -2.09. The quantitative estimate of drug-likeness (QED) is 0.670. The van der Waals surface area contributed by atoms with Crippen molar-refractivity contribution in [2.45, 2.75) is 39.9 Å². The Bertz CT molecular complexity index is 792. The molecule has 0 aliphatic rings. The number of anilines is 1. The molecule has 0 aliphatic carbocycles. The smallest absolute Gasteiger partial charge is 0.354 e. The van der Waals surface area contributed by atoms with Gasteiger partial charge in [0, 0.05) is 25.0 Å². The van der Waals surface area contributed by atoms with Crippen molar-refractivity contribution in [3.63, 3.8) is 0 Å². The van der Waals surface area contributed by atoms with Gasteiger partial charge in [-0.3, -0.25) is 14.3 Å². The second-order valence-electron chi connectivity index (χ2n) is 5.60. The number of nitrogens with zero attached hydrogens (tertiary/aromatic N) is 4. The van der Waals surface area contributed by atoms with Crippen molar-refractivity contribution in [2.24, 2.45) is 0 Å². The van der Waals surface area contributed by atoms with Crippen molar-refractivity contribution in [3.8, 4) is 0 Å². The van der Waals surface area contributed by atoms with Gasteiger partial charge in [-0.05, 0) is 26.8 Å². The molecule has 0 bridgehead atoms. The van der Waals surface area contributed by atoms with Gasteiger partial charge >= 0.3 is 5.97 Å². The largest absolute Gasteiger partial charge is 0.477 e. The number of carboxylic acids is 1. The summed E-state index contributed by atoms with van der Waals surface area (Å²) in [6.45, 7) is 5.72. The Hall–Kier alpha value is -3.17. The molecule has 10 heteroatoms. The van der Waals surface area contributed by atoms with E-state index < -0.39 is 17.8 Å². The van der Waals surface area contributed by atoms with Gasteiger partial charge in [0.1, 0.15) is 12.2 Å². The van der Waals surface area contributed by atoms with Crippen LogP contribution in [0.3, 0.4) is 0 Å². The van der Waals surface area contributed by atoms with Crippen molar-refractivity contribution in [3.05, 3.63) is 29.8 Å². The summed E-state index contributed by atoms with van der Waals surface area (Å²) in [7, 11) is 0. The zero-order valence-electron chi connectivity index (χ0n) is 14.2. The summed E-state index contributed by atoms with van der Waals surface area (Å²) >= 11 is 0. The van der Waals surface area contributed by atoms with Crippen molar-refractivity contribution in [1.29, 1.82) is 0 Å². The number of carbonyl (C=O) groups excluding carboxylic acids is 2. The molecule has 2 rings (SSSR count). The number of carboxylic acid groups (broad SMARTS) is 1. The van der Waals surface area contributed by atoms with Gasteiger partial charge in [-0.2, -0.15) is 10.2 Å². The Morgan fingerprint density at radius 1 is 1.32 bits per heavy atom. The number of hydrogen-bond donors (Lipinski definition) is 3. The summed E-state index contributed by atoms with van der Waals surface area (Å²) in [5.41, 5.74) is 0.258. The average Bonchev–Trinajstić information content (AvgIpc) is 3.13. The van der Waals surface area contributed by atoms with Crippen LogP contribution in [0.15, 0.2) is 18.5 Å². The Kier molecular flexibility index (Phi) is 5.52. The summed E-state index contributed by atoms with van der Waals surface area (Å²) < 4.78 is 2.59. The molecule has 0 fully saturated rings. The number of hydrogen-bond acceptors (Lipinski definition) is 5. The summed E-state index contributed by atoms with van der Waals surface area (Å²) in [5.74, 6) is -2.09. The Morgan fingerprint density at radius 3 is 2.64 bits per heavy atom. The van der Waals surface area contributed by atoms with Gasteiger partial charge in [0.15, 0.2) is 5.69 Å². The van der Waals surface area contributed by atoms with Gasteiger partial charge in [-0.1, -0.05) is 0 Å². The van der Waals surface area contributed by atoms with E-state index in [2.05, 4.69) is 20.8 Å². The van der Waals surface area contributed by atoms with Crippen LogP contribution in [0.2, 0.25) is 0 Å². The van der Waals surface area contributed by atoms with E-state index in [1.807, 2.05) is 20.8 Å². The van der Waals surface area contributed by atoms with Gasteiger partial charge in [0.25, 0.3) is 5.91 Å². The van der Waals surface area contributed by atoms with Crippen molar-refractivity contribution < 1.29 is 19.5 Å². The molecule has 2 amide bonds. The van der Waals surface area contributed by atoms with Crippen LogP contribution in [0, 0.1) is 0 Å². The SMILES string of the molecule is CCn1cc(NC(=O)Cn2nccc2C(=O)O)c(C(=O)NC(C)C)n1. The molecule has 10 nitrogen and oxygen atoms in total. The summed E-state index contributed by atoms with van der Waals surface area (Å²) in [4.78, 5) is 35.5. The first kappa shape index (κ1) is 18.2. The highest BCUT2D eigenvalue weighted by atomic mass is 16.4. The fourth-order valence-electron chi connectivity index (χ4n) is 2.14. The fraction of sp³-hybridized carbons (Fsp3) is 0.400. The standard InChI is InChI=1S/C15H20N6O4/c1-4-20-7-10(13(19-20)14(23)17-9(2)3)18-12(22)8-21-11(15(24)25)5-6-16-21/h5-7,9H,4,8H2,1-3H3,(H,17,23)(H,18,22)(H,24,25). The molecular formula is C15H20N6O4. The van der Waals surface area contributed by atoms with Crippen molar-refractivity contribution in [1.82, 2.24) is 24.9 Å². The van der Waals surface area contributed by atoms with Gasteiger partial charge in [0.2, 0.25) is 5.91 Å². The molecule has 0 aliphatic heterocycles. The first-order valence-electron chi connectivity index (χ1n) is 7.75. The van der Waals surface area contributed by atoms with Gasteiger partial charge in [0.05, 0.1) is 5.69 Å². The lowest BCUT2D eigenvalue weighted by molar-refractivity contribution is -0.116. The van der Waals surface area contributed by atoms with Crippen LogP contribution in [0.25, 0.3) is 0 Å². The lowest BCUT2D eigenvalue weighted by atomic mass is 10.3. The molecule has 134 valence electrons. The van der Waals surface area contributed by atoms with E-state index >= 15 is 0 Å². The Labute approximate surface area is 143 Å². The second-order valence-corrected chi connectivity index (χ2v) is 5.60. The third kappa shape index (κ3) is 4.43. The minimum absolute atomic E-state index is 0.0787. The number of rotatable bonds is 7. The third-order valence-electron chi connectivity index (χ3n) is 3.22. The number of aromatic nitrogens is 4. The summed E-state index contributed by atoms with van der Waals surface area (Å²) in [6.07, 6.45) is 2.85. The molecule has 0 saturated carbocycles. The average molecular weight is 348 g/mol. The highest BCUT2D eigenvalue weighted by molar-refractivity contribution is 6.02. The minimum atomic E-state index is -1.18. The third-order valence-corrected chi connectivity index (χ3v) is 3.22. The second kappa shape index (κ2) is 7.60. The fourth-order valence-corrected chi connectivity index (χ4v) is 2.14. The normalized spacial score (nSPS) is 10.7. The van der Waals surface area contributed by atoms with Crippen LogP contribution in [0.5, 0.6) is 0 Å². The topological polar surface area (TPSA) is 131 Å². The molecule has 0 unspecified atom stereocenters. The number of nitrogens with one attached hydrogen (secondary N) is 2. The monoisotopic (exact) mass is 348 g/mol. The van der Waals surface area contributed by atoms with Gasteiger partial charge in [-0.15, -0.1) is 0 Å². The molecule has 0 radical (unpaired) electrons. The Balaban J connectivity index is 2.17. The molecule has 2 aromatic heterocycles.